The standard InChI is InChI=1S/C14H16N4O2S/c1-3-4-10-7-11(17-20-10)13(19)15-9(2)12-8-18-5-6-21-14(18)16-12/h5-9H,3-4H2,1-2H3,(H,15,19). The average molecular weight is 304 g/mol. The maximum atomic E-state index is 12.1. The Morgan fingerprint density at radius 3 is 3.19 bits per heavy atom. The molecule has 0 saturated heterocycles. The first-order valence-corrected chi connectivity index (χ1v) is 7.74. The minimum absolute atomic E-state index is 0.184. The summed E-state index contributed by atoms with van der Waals surface area (Å²) in [6.45, 7) is 3.95. The number of fused-ring (bicyclic) bond motifs is 1. The Bertz CT molecular complexity index is 729. The zero-order chi connectivity index (χ0) is 14.8. The summed E-state index contributed by atoms with van der Waals surface area (Å²) in [5.74, 6) is 0.489. The number of hydrogen-bond donors (Lipinski definition) is 1. The van der Waals surface area contributed by atoms with E-state index >= 15 is 0 Å². The van der Waals surface area contributed by atoms with Gasteiger partial charge in [0.2, 0.25) is 0 Å². The first-order chi connectivity index (χ1) is 10.2. The van der Waals surface area contributed by atoms with Crippen LogP contribution in [0.2, 0.25) is 0 Å². The van der Waals surface area contributed by atoms with Gasteiger partial charge < -0.3 is 9.84 Å². The van der Waals surface area contributed by atoms with E-state index in [0.717, 1.165) is 29.3 Å². The molecule has 3 rings (SSSR count). The van der Waals surface area contributed by atoms with E-state index in [1.165, 1.54) is 0 Å². The van der Waals surface area contributed by atoms with E-state index in [1.807, 2.05) is 29.1 Å². The summed E-state index contributed by atoms with van der Waals surface area (Å²) < 4.78 is 7.06. The molecule has 0 bridgehead atoms. The highest BCUT2D eigenvalue weighted by Crippen LogP contribution is 2.17. The molecule has 0 fully saturated rings. The van der Waals surface area contributed by atoms with Crippen LogP contribution in [0.3, 0.4) is 0 Å². The molecular weight excluding hydrogens is 288 g/mol. The molecule has 1 amide bonds. The van der Waals surface area contributed by atoms with Gasteiger partial charge in [-0.3, -0.25) is 9.20 Å². The van der Waals surface area contributed by atoms with Crippen molar-refractivity contribution in [1.82, 2.24) is 19.9 Å². The number of aryl methyl sites for hydroxylation is 1. The zero-order valence-electron chi connectivity index (χ0n) is 11.9. The van der Waals surface area contributed by atoms with Crippen molar-refractivity contribution < 1.29 is 9.32 Å². The quantitative estimate of drug-likeness (QED) is 0.786. The van der Waals surface area contributed by atoms with E-state index in [-0.39, 0.29) is 11.9 Å². The Morgan fingerprint density at radius 1 is 1.57 bits per heavy atom. The van der Waals surface area contributed by atoms with Crippen LogP contribution in [0.25, 0.3) is 4.96 Å². The number of carbonyl (C=O) groups is 1. The van der Waals surface area contributed by atoms with Crippen LogP contribution in [0.15, 0.2) is 28.4 Å². The number of nitrogens with zero attached hydrogens (tertiary/aromatic N) is 3. The van der Waals surface area contributed by atoms with Crippen LogP contribution >= 0.6 is 11.3 Å². The highest BCUT2D eigenvalue weighted by atomic mass is 32.1. The average Bonchev–Trinajstić information content (AvgIpc) is 3.13. The van der Waals surface area contributed by atoms with Crippen molar-refractivity contribution in [2.75, 3.05) is 0 Å². The van der Waals surface area contributed by atoms with Gasteiger partial charge >= 0.3 is 0 Å². The van der Waals surface area contributed by atoms with E-state index in [0.29, 0.717) is 5.69 Å². The topological polar surface area (TPSA) is 72.4 Å². The van der Waals surface area contributed by atoms with Gasteiger partial charge in [-0.05, 0) is 13.3 Å². The molecule has 1 N–H and O–H groups in total. The van der Waals surface area contributed by atoms with E-state index < -0.39 is 0 Å². The third-order valence-corrected chi connectivity index (χ3v) is 3.96. The van der Waals surface area contributed by atoms with Crippen LogP contribution in [-0.2, 0) is 6.42 Å². The summed E-state index contributed by atoms with van der Waals surface area (Å²) in [5.41, 5.74) is 1.14. The van der Waals surface area contributed by atoms with Gasteiger partial charge in [-0.15, -0.1) is 11.3 Å². The van der Waals surface area contributed by atoms with E-state index in [9.17, 15) is 4.79 Å². The highest BCUT2D eigenvalue weighted by Gasteiger charge is 2.17. The molecule has 1 atom stereocenters. The molecule has 3 aromatic heterocycles. The predicted molar refractivity (Wildman–Crippen MR) is 79.4 cm³/mol. The Labute approximate surface area is 125 Å². The molecule has 110 valence electrons. The number of nitrogens with one attached hydrogen (secondary N) is 1. The van der Waals surface area contributed by atoms with Gasteiger partial charge in [0.05, 0.1) is 11.7 Å². The molecule has 0 spiro atoms. The summed E-state index contributed by atoms with van der Waals surface area (Å²) in [7, 11) is 0. The number of carbonyl (C=O) groups excluding carboxylic acids is 1. The third kappa shape index (κ3) is 2.82. The van der Waals surface area contributed by atoms with Crippen LogP contribution in [0.4, 0.5) is 0 Å². The van der Waals surface area contributed by atoms with E-state index in [1.54, 1.807) is 17.4 Å². The molecule has 3 heterocycles. The maximum Gasteiger partial charge on any atom is 0.273 e. The monoisotopic (exact) mass is 304 g/mol. The van der Waals surface area contributed by atoms with Gasteiger partial charge in [-0.1, -0.05) is 12.1 Å². The molecule has 0 aliphatic carbocycles. The lowest BCUT2D eigenvalue weighted by Gasteiger charge is -2.09. The smallest absolute Gasteiger partial charge is 0.273 e. The highest BCUT2D eigenvalue weighted by molar-refractivity contribution is 7.15. The normalized spacial score (nSPS) is 12.7. The number of aromatic nitrogens is 3. The van der Waals surface area contributed by atoms with Crippen molar-refractivity contribution in [2.24, 2.45) is 0 Å². The second-order valence-electron chi connectivity index (χ2n) is 4.88. The first kappa shape index (κ1) is 13.8. The minimum atomic E-state index is -0.245. The maximum absolute atomic E-state index is 12.1. The third-order valence-electron chi connectivity index (χ3n) is 3.19. The lowest BCUT2D eigenvalue weighted by Crippen LogP contribution is -2.27. The van der Waals surface area contributed by atoms with Crippen LogP contribution in [0.5, 0.6) is 0 Å². The number of amides is 1. The second-order valence-corrected chi connectivity index (χ2v) is 5.76. The molecule has 21 heavy (non-hydrogen) atoms. The number of thiazole rings is 1. The predicted octanol–water partition coefficient (Wildman–Crippen LogP) is 2.83. The lowest BCUT2D eigenvalue weighted by molar-refractivity contribution is 0.0930. The summed E-state index contributed by atoms with van der Waals surface area (Å²) in [6, 6.07) is 1.51. The number of imidazole rings is 1. The zero-order valence-corrected chi connectivity index (χ0v) is 12.7. The fraction of sp³-hybridized carbons (Fsp3) is 0.357. The van der Waals surface area contributed by atoms with Crippen molar-refractivity contribution in [3.63, 3.8) is 0 Å². The Hall–Kier alpha value is -2.15. The molecule has 7 heteroatoms. The summed E-state index contributed by atoms with van der Waals surface area (Å²) in [5, 5.41) is 8.66. The van der Waals surface area contributed by atoms with Crippen LogP contribution in [0, 0.1) is 0 Å². The summed E-state index contributed by atoms with van der Waals surface area (Å²) in [6.07, 6.45) is 5.60. The summed E-state index contributed by atoms with van der Waals surface area (Å²) >= 11 is 1.56. The fourth-order valence-corrected chi connectivity index (χ4v) is 2.79. The molecule has 3 aromatic rings. The largest absolute Gasteiger partial charge is 0.361 e. The molecule has 0 radical (unpaired) electrons. The molecule has 6 nitrogen and oxygen atoms in total. The molecule has 0 aliphatic heterocycles. The van der Waals surface area contributed by atoms with Crippen molar-refractivity contribution >= 4 is 22.2 Å². The summed E-state index contributed by atoms with van der Waals surface area (Å²) in [4.78, 5) is 17.5. The van der Waals surface area contributed by atoms with Gasteiger partial charge in [0.25, 0.3) is 5.91 Å². The molecule has 0 saturated carbocycles. The fourth-order valence-electron chi connectivity index (χ4n) is 2.08. The molecule has 1 unspecified atom stereocenters. The molecular formula is C14H16N4O2S. The minimum Gasteiger partial charge on any atom is -0.361 e. The molecule has 0 aliphatic rings. The second kappa shape index (κ2) is 5.69. The van der Waals surface area contributed by atoms with E-state index in [2.05, 4.69) is 22.4 Å². The van der Waals surface area contributed by atoms with Gasteiger partial charge in [-0.25, -0.2) is 4.98 Å². The Morgan fingerprint density at radius 2 is 2.43 bits per heavy atom. The van der Waals surface area contributed by atoms with Crippen molar-refractivity contribution in [1.29, 1.82) is 0 Å². The Balaban J connectivity index is 1.69. The number of rotatable bonds is 5. The van der Waals surface area contributed by atoms with Crippen LogP contribution in [0.1, 0.15) is 48.3 Å². The van der Waals surface area contributed by atoms with Crippen molar-refractivity contribution in [3.8, 4) is 0 Å². The van der Waals surface area contributed by atoms with Gasteiger partial charge in [-0.2, -0.15) is 0 Å². The van der Waals surface area contributed by atoms with Crippen LogP contribution in [-0.4, -0.2) is 20.4 Å². The number of hydrogen-bond acceptors (Lipinski definition) is 5. The Kier molecular flexibility index (Phi) is 3.74. The van der Waals surface area contributed by atoms with Gasteiger partial charge in [0, 0.05) is 30.3 Å². The van der Waals surface area contributed by atoms with Crippen molar-refractivity contribution in [3.05, 3.63) is 41.0 Å². The van der Waals surface area contributed by atoms with Crippen LogP contribution < -0.4 is 5.32 Å². The lowest BCUT2D eigenvalue weighted by atomic mass is 10.2. The van der Waals surface area contributed by atoms with Gasteiger partial charge in [0.15, 0.2) is 10.7 Å². The first-order valence-electron chi connectivity index (χ1n) is 6.86. The van der Waals surface area contributed by atoms with Crippen molar-refractivity contribution in [2.45, 2.75) is 32.7 Å². The molecule has 0 aromatic carbocycles. The van der Waals surface area contributed by atoms with E-state index in [4.69, 9.17) is 4.52 Å². The van der Waals surface area contributed by atoms with Gasteiger partial charge in [0.1, 0.15) is 5.76 Å². The SMILES string of the molecule is CCCc1cc(C(=O)NC(C)c2cn3ccsc3n2)no1.